The van der Waals surface area contributed by atoms with Crippen LogP contribution in [0.2, 0.25) is 0 Å². The highest BCUT2D eigenvalue weighted by molar-refractivity contribution is 7.99. The number of anilines is 2. The molecule has 0 saturated carbocycles. The molecule has 9 heteroatoms. The fraction of sp³-hybridized carbons (Fsp3) is 0.269. The van der Waals surface area contributed by atoms with E-state index in [4.69, 9.17) is 9.47 Å². The highest BCUT2D eigenvalue weighted by Gasteiger charge is 2.35. The monoisotopic (exact) mass is 500 g/mol. The molecule has 0 aliphatic carbocycles. The molecule has 0 radical (unpaired) electrons. The molecule has 0 unspecified atom stereocenters. The largest absolute Gasteiger partial charge is 0.493 e. The molecule has 2 aliphatic rings. The maximum absolute atomic E-state index is 13.6. The smallest absolute Gasteiger partial charge is 0.416 e. The number of alkyl halides is 3. The van der Waals surface area contributed by atoms with E-state index in [0.717, 1.165) is 34.6 Å². The Kier molecular flexibility index (Phi) is 6.14. The van der Waals surface area contributed by atoms with E-state index in [2.05, 4.69) is 0 Å². The molecule has 3 aromatic carbocycles. The van der Waals surface area contributed by atoms with Crippen molar-refractivity contribution in [2.75, 3.05) is 32.2 Å². The Labute approximate surface area is 205 Å². The van der Waals surface area contributed by atoms with Crippen LogP contribution in [0.4, 0.5) is 24.5 Å². The Bertz CT molecular complexity index is 1300. The summed E-state index contributed by atoms with van der Waals surface area (Å²) in [5.41, 5.74) is 2.25. The van der Waals surface area contributed by atoms with Gasteiger partial charge in [0.25, 0.3) is 0 Å². The van der Waals surface area contributed by atoms with Gasteiger partial charge in [0.15, 0.2) is 11.5 Å². The zero-order valence-electron chi connectivity index (χ0n) is 19.2. The first-order chi connectivity index (χ1) is 16.8. The van der Waals surface area contributed by atoms with Crippen LogP contribution in [0.1, 0.15) is 16.7 Å². The Morgan fingerprint density at radius 1 is 0.943 bits per heavy atom. The van der Waals surface area contributed by atoms with E-state index in [1.165, 1.54) is 22.7 Å². The van der Waals surface area contributed by atoms with Gasteiger partial charge in [-0.25, -0.2) is 0 Å². The van der Waals surface area contributed by atoms with Crippen molar-refractivity contribution in [3.8, 4) is 11.5 Å². The van der Waals surface area contributed by atoms with Crippen molar-refractivity contribution >= 4 is 29.0 Å². The zero-order chi connectivity index (χ0) is 24.7. The van der Waals surface area contributed by atoms with Crippen LogP contribution in [0.15, 0.2) is 64.4 Å². The molecule has 5 rings (SSSR count). The van der Waals surface area contributed by atoms with Crippen LogP contribution in [0.3, 0.4) is 0 Å². The molecule has 0 aromatic heterocycles. The van der Waals surface area contributed by atoms with Crippen LogP contribution in [0, 0.1) is 0 Å². The Morgan fingerprint density at radius 2 is 1.63 bits per heavy atom. The molecule has 3 aromatic rings. The number of halogens is 3. The van der Waals surface area contributed by atoms with Crippen molar-refractivity contribution in [1.82, 2.24) is 4.90 Å². The molecular weight excluding hydrogens is 477 g/mol. The van der Waals surface area contributed by atoms with E-state index in [1.54, 1.807) is 26.4 Å². The van der Waals surface area contributed by atoms with Gasteiger partial charge in [0.05, 0.1) is 37.7 Å². The number of hydrogen-bond donors (Lipinski definition) is 0. The van der Waals surface area contributed by atoms with E-state index in [1.807, 2.05) is 29.2 Å². The third-order valence-electron chi connectivity index (χ3n) is 6.26. The summed E-state index contributed by atoms with van der Waals surface area (Å²) in [6.45, 7) is 1.25. The highest BCUT2D eigenvalue weighted by Crippen LogP contribution is 2.49. The molecule has 2 aliphatic heterocycles. The summed E-state index contributed by atoms with van der Waals surface area (Å²) in [6, 6.07) is 14.7. The summed E-state index contributed by atoms with van der Waals surface area (Å²) in [5, 5.41) is 0. The van der Waals surface area contributed by atoms with E-state index in [-0.39, 0.29) is 18.1 Å². The minimum atomic E-state index is -4.50. The van der Waals surface area contributed by atoms with Crippen LogP contribution < -0.4 is 14.4 Å². The maximum Gasteiger partial charge on any atom is 0.416 e. The number of methoxy groups -OCH3 is 2. The molecule has 0 fully saturated rings. The van der Waals surface area contributed by atoms with E-state index in [9.17, 15) is 18.0 Å². The fourth-order valence-electron chi connectivity index (χ4n) is 4.54. The van der Waals surface area contributed by atoms with Crippen LogP contribution in [0.25, 0.3) is 0 Å². The van der Waals surface area contributed by atoms with Gasteiger partial charge in [-0.3, -0.25) is 14.6 Å². The minimum absolute atomic E-state index is 0.0719. The van der Waals surface area contributed by atoms with Gasteiger partial charge in [-0.05, 0) is 60.0 Å². The van der Waals surface area contributed by atoms with Crippen molar-refractivity contribution in [3.05, 3.63) is 71.3 Å². The summed E-state index contributed by atoms with van der Waals surface area (Å²) < 4.78 is 51.2. The lowest BCUT2D eigenvalue weighted by atomic mass is 9.98. The lowest BCUT2D eigenvalue weighted by Gasteiger charge is -2.34. The lowest BCUT2D eigenvalue weighted by molar-refractivity contribution is -0.137. The normalized spacial score (nSPS) is 15.2. The third-order valence-corrected chi connectivity index (χ3v) is 7.39. The second kappa shape index (κ2) is 9.13. The Morgan fingerprint density at radius 3 is 2.34 bits per heavy atom. The van der Waals surface area contributed by atoms with Gasteiger partial charge in [0, 0.05) is 22.9 Å². The average molecular weight is 501 g/mol. The van der Waals surface area contributed by atoms with Gasteiger partial charge in [0.2, 0.25) is 5.91 Å². The SMILES string of the molecule is COc1cc2c(cc1OC)CN(CC(=O)N1c3ccccc3Sc3ccc(C(F)(F)F)cc31)CC2. The number of nitrogens with zero attached hydrogens (tertiary/aromatic N) is 2. The van der Waals surface area contributed by atoms with Crippen LogP contribution in [0.5, 0.6) is 11.5 Å². The molecule has 5 nitrogen and oxygen atoms in total. The van der Waals surface area contributed by atoms with E-state index < -0.39 is 11.7 Å². The molecule has 0 bridgehead atoms. The number of para-hydroxylation sites is 1. The van der Waals surface area contributed by atoms with Gasteiger partial charge in [0.1, 0.15) is 0 Å². The molecule has 0 spiro atoms. The van der Waals surface area contributed by atoms with Gasteiger partial charge in [-0.15, -0.1) is 0 Å². The predicted octanol–water partition coefficient (Wildman–Crippen LogP) is 5.91. The lowest BCUT2D eigenvalue weighted by Crippen LogP contribution is -2.41. The summed E-state index contributed by atoms with van der Waals surface area (Å²) in [5.74, 6) is 1.01. The highest BCUT2D eigenvalue weighted by atomic mass is 32.2. The number of fused-ring (bicyclic) bond motifs is 3. The second-order valence-electron chi connectivity index (χ2n) is 8.42. The number of amides is 1. The Balaban J connectivity index is 1.45. The number of benzene rings is 3. The molecule has 0 atom stereocenters. The summed E-state index contributed by atoms with van der Waals surface area (Å²) in [4.78, 5) is 18.5. The molecule has 35 heavy (non-hydrogen) atoms. The fourth-order valence-corrected chi connectivity index (χ4v) is 5.58. The molecular formula is C26H23F3N2O3S. The molecule has 1 amide bonds. The summed E-state index contributed by atoms with van der Waals surface area (Å²) >= 11 is 1.37. The quantitative estimate of drug-likeness (QED) is 0.446. The average Bonchev–Trinajstić information content (AvgIpc) is 2.85. The number of carbonyl (C=O) groups excluding carboxylic acids is 1. The summed E-state index contributed by atoms with van der Waals surface area (Å²) in [6.07, 6.45) is -3.77. The first-order valence-electron chi connectivity index (χ1n) is 11.1. The maximum atomic E-state index is 13.6. The number of rotatable bonds is 4. The van der Waals surface area contributed by atoms with Gasteiger partial charge in [-0.1, -0.05) is 23.9 Å². The van der Waals surface area contributed by atoms with Gasteiger partial charge in [-0.2, -0.15) is 13.2 Å². The summed E-state index contributed by atoms with van der Waals surface area (Å²) in [7, 11) is 3.17. The van der Waals surface area contributed by atoms with Crippen molar-refractivity contribution in [2.45, 2.75) is 28.9 Å². The zero-order valence-corrected chi connectivity index (χ0v) is 20.0. The number of carbonyl (C=O) groups is 1. The topological polar surface area (TPSA) is 42.0 Å². The van der Waals surface area contributed by atoms with Gasteiger partial charge >= 0.3 is 6.18 Å². The standard InChI is InChI=1S/C26H23F3N2O3S/c1-33-21-11-16-9-10-30(14-17(16)12-22(21)34-2)15-25(32)31-19-5-3-4-6-23(19)35-24-8-7-18(13-20(24)31)26(27,28)29/h3-8,11-13H,9-10,14-15H2,1-2H3. The number of hydrogen-bond acceptors (Lipinski definition) is 5. The first-order valence-corrected chi connectivity index (χ1v) is 11.9. The van der Waals surface area contributed by atoms with Crippen molar-refractivity contribution in [3.63, 3.8) is 0 Å². The van der Waals surface area contributed by atoms with Crippen molar-refractivity contribution < 1.29 is 27.4 Å². The van der Waals surface area contributed by atoms with Gasteiger partial charge < -0.3 is 9.47 Å². The van der Waals surface area contributed by atoms with Crippen LogP contribution >= 0.6 is 11.8 Å². The van der Waals surface area contributed by atoms with Crippen molar-refractivity contribution in [1.29, 1.82) is 0 Å². The molecule has 0 N–H and O–H groups in total. The number of ether oxygens (including phenoxy) is 2. The van der Waals surface area contributed by atoms with Crippen molar-refractivity contribution in [2.24, 2.45) is 0 Å². The second-order valence-corrected chi connectivity index (χ2v) is 9.50. The Hall–Kier alpha value is -3.17. The van der Waals surface area contributed by atoms with Crippen LogP contribution in [-0.2, 0) is 23.9 Å². The van der Waals surface area contributed by atoms with Crippen LogP contribution in [-0.4, -0.2) is 38.1 Å². The minimum Gasteiger partial charge on any atom is -0.493 e. The molecule has 182 valence electrons. The van der Waals surface area contributed by atoms with E-state index in [0.29, 0.717) is 35.2 Å². The molecule has 0 saturated heterocycles. The first kappa shape index (κ1) is 23.6. The predicted molar refractivity (Wildman–Crippen MR) is 128 cm³/mol. The van der Waals surface area contributed by atoms with E-state index >= 15 is 0 Å². The molecule has 2 heterocycles. The third kappa shape index (κ3) is 4.46.